The van der Waals surface area contributed by atoms with Crippen LogP contribution in [-0.2, 0) is 11.2 Å². The highest BCUT2D eigenvalue weighted by Crippen LogP contribution is 2.38. The van der Waals surface area contributed by atoms with Crippen molar-refractivity contribution in [2.75, 3.05) is 17.6 Å². The lowest BCUT2D eigenvalue weighted by Crippen LogP contribution is -2.30. The summed E-state index contributed by atoms with van der Waals surface area (Å²) in [4.78, 5) is 26.7. The lowest BCUT2D eigenvalue weighted by atomic mass is 10.1. The highest BCUT2D eigenvalue weighted by atomic mass is 32.2. The van der Waals surface area contributed by atoms with Gasteiger partial charge in [0.15, 0.2) is 0 Å². The maximum Gasteiger partial charge on any atom is 0.255 e. The third-order valence-corrected chi connectivity index (χ3v) is 6.37. The van der Waals surface area contributed by atoms with Gasteiger partial charge in [0, 0.05) is 12.1 Å². The van der Waals surface area contributed by atoms with Crippen LogP contribution in [0.25, 0.3) is 0 Å². The number of para-hydroxylation sites is 1. The van der Waals surface area contributed by atoms with Crippen molar-refractivity contribution in [2.24, 2.45) is 0 Å². The molecule has 0 saturated carbocycles. The Morgan fingerprint density at radius 2 is 1.65 bits per heavy atom. The number of halogens is 2. The number of hydrogen-bond donors (Lipinski definition) is 1. The molecule has 1 N–H and O–H groups in total. The van der Waals surface area contributed by atoms with E-state index in [0.29, 0.717) is 12.3 Å². The van der Waals surface area contributed by atoms with E-state index in [-0.39, 0.29) is 16.8 Å². The van der Waals surface area contributed by atoms with Crippen LogP contribution in [0.4, 0.5) is 14.5 Å². The average Bonchev–Trinajstić information content (AvgIpc) is 3.16. The molecule has 3 aromatic carbocycles. The highest BCUT2D eigenvalue weighted by Gasteiger charge is 2.32. The molecule has 0 unspecified atom stereocenters. The van der Waals surface area contributed by atoms with Gasteiger partial charge in [0.1, 0.15) is 22.7 Å². The van der Waals surface area contributed by atoms with Crippen LogP contribution in [0.1, 0.15) is 26.9 Å². The normalized spacial score (nSPS) is 15.9. The summed E-state index contributed by atoms with van der Waals surface area (Å²) in [6.45, 7) is 0.606. The van der Waals surface area contributed by atoms with Crippen LogP contribution in [-0.4, -0.2) is 29.0 Å². The number of carbonyl (C=O) groups excluding carboxylic acids is 2. The van der Waals surface area contributed by atoms with Gasteiger partial charge in [0.25, 0.3) is 5.91 Å². The molecule has 158 valence electrons. The van der Waals surface area contributed by atoms with E-state index in [1.807, 2.05) is 35.2 Å². The average molecular weight is 438 g/mol. The minimum absolute atomic E-state index is 0.0859. The number of anilines is 1. The van der Waals surface area contributed by atoms with Crippen molar-refractivity contribution in [2.45, 2.75) is 11.8 Å². The number of benzene rings is 3. The number of nitrogens with one attached hydrogen (secondary N) is 1. The van der Waals surface area contributed by atoms with Gasteiger partial charge in [-0.15, -0.1) is 11.8 Å². The molecular formula is C24H20F2N2O2S. The molecule has 0 radical (unpaired) electrons. The lowest BCUT2D eigenvalue weighted by Gasteiger charge is -2.24. The number of thioether (sulfide) groups is 1. The molecule has 7 heteroatoms. The van der Waals surface area contributed by atoms with Gasteiger partial charge in [0.2, 0.25) is 5.91 Å². The summed E-state index contributed by atoms with van der Waals surface area (Å²) < 4.78 is 27.6. The van der Waals surface area contributed by atoms with E-state index in [0.717, 1.165) is 24.1 Å². The van der Waals surface area contributed by atoms with Gasteiger partial charge in [-0.2, -0.15) is 0 Å². The van der Waals surface area contributed by atoms with E-state index >= 15 is 0 Å². The first kappa shape index (κ1) is 21.1. The summed E-state index contributed by atoms with van der Waals surface area (Å²) in [5.74, 6) is -1.77. The molecule has 1 fully saturated rings. The Morgan fingerprint density at radius 1 is 0.968 bits per heavy atom. The summed E-state index contributed by atoms with van der Waals surface area (Å²) in [6, 6.07) is 20.1. The Hall–Kier alpha value is -3.19. The smallest absolute Gasteiger partial charge is 0.255 e. The van der Waals surface area contributed by atoms with Crippen LogP contribution in [0.5, 0.6) is 0 Å². The van der Waals surface area contributed by atoms with Crippen molar-refractivity contribution < 1.29 is 18.4 Å². The molecule has 0 aliphatic carbocycles. The molecular weight excluding hydrogens is 418 g/mol. The van der Waals surface area contributed by atoms with E-state index in [1.165, 1.54) is 11.6 Å². The van der Waals surface area contributed by atoms with Crippen LogP contribution in [0.15, 0.2) is 72.8 Å². The van der Waals surface area contributed by atoms with Crippen molar-refractivity contribution in [3.05, 3.63) is 101 Å². The first-order valence-electron chi connectivity index (χ1n) is 9.83. The zero-order valence-corrected chi connectivity index (χ0v) is 17.4. The first-order valence-corrected chi connectivity index (χ1v) is 10.9. The Morgan fingerprint density at radius 3 is 2.32 bits per heavy atom. The van der Waals surface area contributed by atoms with E-state index in [1.54, 1.807) is 36.0 Å². The first-order chi connectivity index (χ1) is 15.0. The van der Waals surface area contributed by atoms with Gasteiger partial charge in [-0.05, 0) is 41.8 Å². The number of amides is 2. The van der Waals surface area contributed by atoms with Gasteiger partial charge in [-0.1, -0.05) is 48.5 Å². The van der Waals surface area contributed by atoms with Crippen molar-refractivity contribution >= 4 is 29.3 Å². The Kier molecular flexibility index (Phi) is 6.32. The van der Waals surface area contributed by atoms with Crippen molar-refractivity contribution in [3.63, 3.8) is 0 Å². The molecule has 3 aromatic rings. The number of nitrogens with zero attached hydrogens (tertiary/aromatic N) is 1. The Balaban J connectivity index is 1.45. The predicted molar refractivity (Wildman–Crippen MR) is 118 cm³/mol. The zero-order chi connectivity index (χ0) is 21.8. The van der Waals surface area contributed by atoms with Crippen molar-refractivity contribution in [1.29, 1.82) is 0 Å². The minimum atomic E-state index is -0.833. The summed E-state index contributed by atoms with van der Waals surface area (Å²) in [5, 5.41) is 2.15. The second-order valence-corrected chi connectivity index (χ2v) is 8.23. The van der Waals surface area contributed by atoms with Crippen LogP contribution in [0.2, 0.25) is 0 Å². The fraction of sp³-hybridized carbons (Fsp3) is 0.167. The minimum Gasteiger partial charge on any atom is -0.326 e. The van der Waals surface area contributed by atoms with E-state index in [9.17, 15) is 18.4 Å². The van der Waals surface area contributed by atoms with Crippen LogP contribution in [0.3, 0.4) is 0 Å². The van der Waals surface area contributed by atoms with Crippen LogP contribution in [0, 0.1) is 11.6 Å². The third-order valence-electron chi connectivity index (χ3n) is 5.11. The topological polar surface area (TPSA) is 49.4 Å². The molecule has 4 nitrogen and oxygen atoms in total. The number of hydrogen-bond acceptors (Lipinski definition) is 3. The molecule has 1 aliphatic rings. The van der Waals surface area contributed by atoms with Gasteiger partial charge >= 0.3 is 0 Å². The number of rotatable bonds is 6. The number of carbonyl (C=O) groups is 2. The lowest BCUT2D eigenvalue weighted by molar-refractivity contribution is -0.128. The van der Waals surface area contributed by atoms with Gasteiger partial charge < -0.3 is 10.2 Å². The van der Waals surface area contributed by atoms with Gasteiger partial charge in [-0.25, -0.2) is 8.78 Å². The van der Waals surface area contributed by atoms with Crippen LogP contribution < -0.4 is 5.32 Å². The summed E-state index contributed by atoms with van der Waals surface area (Å²) >= 11 is 1.54. The standard InChI is InChI=1S/C24H20F2N2O2S/c25-19-7-4-8-20(26)22(19)27-23(30)17-9-11-18(12-10-17)24-28(21(29)15-31-24)14-13-16-5-2-1-3-6-16/h1-12,24H,13-15H2,(H,27,30)/t24-/m1/s1. The molecule has 0 bridgehead atoms. The molecule has 1 saturated heterocycles. The SMILES string of the molecule is O=C(Nc1c(F)cccc1F)c1ccc([C@H]2SCC(=O)N2CCc2ccccc2)cc1. The van der Waals surface area contributed by atoms with E-state index < -0.39 is 23.2 Å². The molecule has 1 heterocycles. The van der Waals surface area contributed by atoms with Crippen molar-refractivity contribution in [3.8, 4) is 0 Å². The summed E-state index contributed by atoms with van der Waals surface area (Å²) in [7, 11) is 0. The monoisotopic (exact) mass is 438 g/mol. The molecule has 0 aromatic heterocycles. The van der Waals surface area contributed by atoms with Gasteiger partial charge in [-0.3, -0.25) is 9.59 Å². The Bertz CT molecular complexity index is 1070. The fourth-order valence-corrected chi connectivity index (χ4v) is 4.69. The maximum atomic E-state index is 13.8. The molecule has 0 spiro atoms. The summed E-state index contributed by atoms with van der Waals surface area (Å²) in [5.41, 5.74) is 1.87. The third kappa shape index (κ3) is 4.77. The molecule has 31 heavy (non-hydrogen) atoms. The van der Waals surface area contributed by atoms with E-state index in [4.69, 9.17) is 0 Å². The molecule has 2 amide bonds. The predicted octanol–water partition coefficient (Wildman–Crippen LogP) is 5.03. The van der Waals surface area contributed by atoms with Crippen LogP contribution >= 0.6 is 11.8 Å². The molecule has 4 rings (SSSR count). The second-order valence-electron chi connectivity index (χ2n) is 7.16. The maximum absolute atomic E-state index is 13.8. The largest absolute Gasteiger partial charge is 0.326 e. The summed E-state index contributed by atoms with van der Waals surface area (Å²) in [6.07, 6.45) is 0.762. The fourth-order valence-electron chi connectivity index (χ4n) is 3.47. The second kappa shape index (κ2) is 9.31. The highest BCUT2D eigenvalue weighted by molar-refractivity contribution is 8.00. The van der Waals surface area contributed by atoms with Crippen molar-refractivity contribution in [1.82, 2.24) is 4.90 Å². The van der Waals surface area contributed by atoms with E-state index in [2.05, 4.69) is 5.32 Å². The van der Waals surface area contributed by atoms with Gasteiger partial charge in [0.05, 0.1) is 5.75 Å². The zero-order valence-electron chi connectivity index (χ0n) is 16.6. The Labute approximate surface area is 183 Å². The molecule has 1 aliphatic heterocycles. The molecule has 1 atom stereocenters. The quantitative estimate of drug-likeness (QED) is 0.587.